The van der Waals surface area contributed by atoms with Gasteiger partial charge in [-0.2, -0.15) is 18.2 Å². The Bertz CT molecular complexity index is 1110. The molecule has 0 spiro atoms. The first-order chi connectivity index (χ1) is 15.2. The largest absolute Gasteiger partial charge is 0.492 e. The van der Waals surface area contributed by atoms with Gasteiger partial charge in [-0.1, -0.05) is 12.1 Å². The van der Waals surface area contributed by atoms with E-state index in [-0.39, 0.29) is 29.8 Å². The number of piperidine rings is 1. The fraction of sp³-hybridized carbons (Fsp3) is 0.364. The van der Waals surface area contributed by atoms with Crippen molar-refractivity contribution in [1.29, 1.82) is 0 Å². The lowest BCUT2D eigenvalue weighted by Crippen LogP contribution is -2.35. The summed E-state index contributed by atoms with van der Waals surface area (Å²) in [6, 6.07) is 8.42. The molecular formula is C22H23F4N5O. The van der Waals surface area contributed by atoms with Crippen LogP contribution in [-0.4, -0.2) is 34.6 Å². The normalized spacial score (nSPS) is 15.9. The highest BCUT2D eigenvalue weighted by Gasteiger charge is 2.35. The third-order valence-electron chi connectivity index (χ3n) is 5.72. The van der Waals surface area contributed by atoms with Crippen molar-refractivity contribution in [2.75, 3.05) is 31.2 Å². The molecule has 0 radical (unpaired) electrons. The quantitative estimate of drug-likeness (QED) is 0.567. The molecule has 1 aliphatic heterocycles. The van der Waals surface area contributed by atoms with Gasteiger partial charge in [0.15, 0.2) is 0 Å². The summed E-state index contributed by atoms with van der Waals surface area (Å²) >= 11 is 0. The monoisotopic (exact) mass is 449 g/mol. The number of nitrogen functional groups attached to an aromatic ring is 2. The second-order valence-corrected chi connectivity index (χ2v) is 7.91. The SMILES string of the molecule is Nc1nc(N)c2c(OCC3CCN(Cc4c(F)cccc4C(F)(F)F)CC3)cccc2n1. The predicted octanol–water partition coefficient (Wildman–Crippen LogP) is 4.24. The lowest BCUT2D eigenvalue weighted by molar-refractivity contribution is -0.138. The van der Waals surface area contributed by atoms with Crippen LogP contribution in [-0.2, 0) is 12.7 Å². The molecule has 32 heavy (non-hydrogen) atoms. The number of hydrogen-bond donors (Lipinski definition) is 2. The molecule has 0 aliphatic carbocycles. The molecule has 6 nitrogen and oxygen atoms in total. The Balaban J connectivity index is 1.38. The number of nitrogens with two attached hydrogens (primary N) is 2. The van der Waals surface area contributed by atoms with Crippen LogP contribution in [0.15, 0.2) is 36.4 Å². The van der Waals surface area contributed by atoms with E-state index in [1.165, 1.54) is 0 Å². The van der Waals surface area contributed by atoms with E-state index in [0.717, 1.165) is 31.0 Å². The molecular weight excluding hydrogens is 426 g/mol. The smallest absolute Gasteiger partial charge is 0.416 e. The molecule has 2 aromatic carbocycles. The molecule has 0 amide bonds. The molecule has 0 saturated carbocycles. The van der Waals surface area contributed by atoms with E-state index in [1.807, 2.05) is 4.90 Å². The molecule has 1 fully saturated rings. The van der Waals surface area contributed by atoms with Crippen molar-refractivity contribution >= 4 is 22.7 Å². The minimum atomic E-state index is -4.59. The first kappa shape index (κ1) is 22.1. The summed E-state index contributed by atoms with van der Waals surface area (Å²) in [6.45, 7) is 1.45. The van der Waals surface area contributed by atoms with Gasteiger partial charge in [0.05, 0.1) is 23.1 Å². The molecule has 1 saturated heterocycles. The molecule has 10 heteroatoms. The van der Waals surface area contributed by atoms with Gasteiger partial charge in [-0.05, 0) is 56.1 Å². The topological polar surface area (TPSA) is 90.3 Å². The molecule has 4 rings (SSSR count). The fourth-order valence-corrected chi connectivity index (χ4v) is 4.05. The van der Waals surface area contributed by atoms with E-state index in [1.54, 1.807) is 18.2 Å². The Morgan fingerprint density at radius 1 is 1.03 bits per heavy atom. The first-order valence-electron chi connectivity index (χ1n) is 10.2. The molecule has 3 aromatic rings. The van der Waals surface area contributed by atoms with Gasteiger partial charge >= 0.3 is 6.18 Å². The van der Waals surface area contributed by atoms with Crippen molar-refractivity contribution in [3.63, 3.8) is 0 Å². The van der Waals surface area contributed by atoms with Crippen LogP contribution in [0.2, 0.25) is 0 Å². The van der Waals surface area contributed by atoms with Crippen LogP contribution in [0.4, 0.5) is 29.3 Å². The number of aromatic nitrogens is 2. The molecule has 0 atom stereocenters. The van der Waals surface area contributed by atoms with Crippen molar-refractivity contribution in [1.82, 2.24) is 14.9 Å². The van der Waals surface area contributed by atoms with Crippen molar-refractivity contribution in [2.24, 2.45) is 5.92 Å². The van der Waals surface area contributed by atoms with Gasteiger partial charge < -0.3 is 16.2 Å². The third kappa shape index (κ3) is 4.69. The van der Waals surface area contributed by atoms with Gasteiger partial charge in [0.1, 0.15) is 17.4 Å². The summed E-state index contributed by atoms with van der Waals surface area (Å²) in [5, 5.41) is 0.596. The summed E-state index contributed by atoms with van der Waals surface area (Å²) in [5.41, 5.74) is 11.0. The van der Waals surface area contributed by atoms with E-state index in [4.69, 9.17) is 16.2 Å². The highest BCUT2D eigenvalue weighted by molar-refractivity contribution is 5.94. The van der Waals surface area contributed by atoms with Crippen LogP contribution in [0, 0.1) is 11.7 Å². The molecule has 170 valence electrons. The zero-order valence-corrected chi connectivity index (χ0v) is 17.2. The maximum Gasteiger partial charge on any atom is 0.416 e. The van der Waals surface area contributed by atoms with E-state index >= 15 is 0 Å². The fourth-order valence-electron chi connectivity index (χ4n) is 4.05. The van der Waals surface area contributed by atoms with Gasteiger partial charge in [0, 0.05) is 12.1 Å². The van der Waals surface area contributed by atoms with Crippen molar-refractivity contribution in [3.8, 4) is 5.75 Å². The maximum absolute atomic E-state index is 14.1. The predicted molar refractivity (Wildman–Crippen MR) is 113 cm³/mol. The maximum atomic E-state index is 14.1. The van der Waals surface area contributed by atoms with Gasteiger partial charge in [-0.15, -0.1) is 0 Å². The number of halogens is 4. The summed E-state index contributed by atoms with van der Waals surface area (Å²) in [5.74, 6) is 0.261. The number of nitrogens with zero attached hydrogens (tertiary/aromatic N) is 3. The molecule has 4 N–H and O–H groups in total. The van der Waals surface area contributed by atoms with Crippen LogP contribution in [0.3, 0.4) is 0 Å². The summed E-state index contributed by atoms with van der Waals surface area (Å²) in [4.78, 5) is 9.99. The number of benzene rings is 2. The van der Waals surface area contributed by atoms with Crippen LogP contribution < -0.4 is 16.2 Å². The number of alkyl halides is 3. The van der Waals surface area contributed by atoms with Gasteiger partial charge in [-0.25, -0.2) is 9.37 Å². The van der Waals surface area contributed by atoms with Crippen molar-refractivity contribution in [2.45, 2.75) is 25.6 Å². The standard InChI is InChI=1S/C22H23F4N5O/c23-16-4-1-3-15(22(24,25)26)14(16)11-31-9-7-13(8-10-31)12-32-18-6-2-5-17-19(18)20(27)30-21(28)29-17/h1-6,13H,7-12H2,(H4,27,28,29,30). The van der Waals surface area contributed by atoms with E-state index in [2.05, 4.69) is 9.97 Å². The Kier molecular flexibility index (Phi) is 6.05. The second-order valence-electron chi connectivity index (χ2n) is 7.91. The lowest BCUT2D eigenvalue weighted by atomic mass is 9.96. The number of anilines is 2. The van der Waals surface area contributed by atoms with Gasteiger partial charge in [0.25, 0.3) is 0 Å². The van der Waals surface area contributed by atoms with Crippen LogP contribution in [0.5, 0.6) is 5.75 Å². The molecule has 2 heterocycles. The zero-order chi connectivity index (χ0) is 22.9. The highest BCUT2D eigenvalue weighted by Crippen LogP contribution is 2.34. The Morgan fingerprint density at radius 2 is 1.75 bits per heavy atom. The Morgan fingerprint density at radius 3 is 2.47 bits per heavy atom. The number of likely N-dealkylation sites (tertiary alicyclic amines) is 1. The van der Waals surface area contributed by atoms with Gasteiger partial charge in [0.2, 0.25) is 5.95 Å². The third-order valence-corrected chi connectivity index (χ3v) is 5.72. The van der Waals surface area contributed by atoms with E-state index in [0.29, 0.717) is 36.3 Å². The summed E-state index contributed by atoms with van der Waals surface area (Å²) in [7, 11) is 0. The van der Waals surface area contributed by atoms with E-state index < -0.39 is 17.6 Å². The average molecular weight is 449 g/mol. The van der Waals surface area contributed by atoms with Crippen molar-refractivity contribution < 1.29 is 22.3 Å². The zero-order valence-electron chi connectivity index (χ0n) is 17.2. The minimum Gasteiger partial charge on any atom is -0.492 e. The molecule has 1 aromatic heterocycles. The second kappa shape index (κ2) is 8.78. The van der Waals surface area contributed by atoms with E-state index in [9.17, 15) is 17.6 Å². The molecule has 1 aliphatic rings. The minimum absolute atomic E-state index is 0.0757. The molecule has 0 unspecified atom stereocenters. The first-order valence-corrected chi connectivity index (χ1v) is 10.2. The van der Waals surface area contributed by atoms with Crippen LogP contribution in [0.25, 0.3) is 10.9 Å². The Labute approximate surface area is 182 Å². The summed E-state index contributed by atoms with van der Waals surface area (Å²) < 4.78 is 59.8. The lowest BCUT2D eigenvalue weighted by Gasteiger charge is -2.32. The average Bonchev–Trinajstić information content (AvgIpc) is 2.73. The van der Waals surface area contributed by atoms with Crippen LogP contribution >= 0.6 is 0 Å². The number of fused-ring (bicyclic) bond motifs is 1. The summed E-state index contributed by atoms with van der Waals surface area (Å²) in [6.07, 6.45) is -3.14. The van der Waals surface area contributed by atoms with Gasteiger partial charge in [-0.3, -0.25) is 4.90 Å². The number of hydrogen-bond acceptors (Lipinski definition) is 6. The molecule has 0 bridgehead atoms. The Hall–Kier alpha value is -3.14. The number of ether oxygens (including phenoxy) is 1. The number of rotatable bonds is 5. The van der Waals surface area contributed by atoms with Crippen LogP contribution in [0.1, 0.15) is 24.0 Å². The highest BCUT2D eigenvalue weighted by atomic mass is 19.4. The van der Waals surface area contributed by atoms with Crippen molar-refractivity contribution in [3.05, 3.63) is 53.3 Å².